The zero-order valence-corrected chi connectivity index (χ0v) is 17.0. The van der Waals surface area contributed by atoms with Gasteiger partial charge in [-0.2, -0.15) is 9.36 Å². The van der Waals surface area contributed by atoms with Gasteiger partial charge in [0.05, 0.1) is 11.4 Å². The Labute approximate surface area is 171 Å². The number of aryl methyl sites for hydroxylation is 3. The van der Waals surface area contributed by atoms with E-state index in [9.17, 15) is 4.79 Å². The van der Waals surface area contributed by atoms with Crippen LogP contribution >= 0.6 is 11.6 Å². The molecule has 4 rings (SSSR count). The average molecular weight is 411 g/mol. The summed E-state index contributed by atoms with van der Waals surface area (Å²) in [6.45, 7) is 2.20. The van der Waals surface area contributed by atoms with Gasteiger partial charge in [0.1, 0.15) is 6.61 Å². The molecule has 9 heteroatoms. The maximum atomic E-state index is 12.3. The molecular weight excluding hydrogens is 392 g/mol. The van der Waals surface area contributed by atoms with Crippen LogP contribution in [-0.4, -0.2) is 29.6 Å². The molecule has 0 saturated carbocycles. The summed E-state index contributed by atoms with van der Waals surface area (Å²) in [6.07, 6.45) is 0. The van der Waals surface area contributed by atoms with Crippen LogP contribution in [-0.2, 0) is 20.7 Å². The van der Waals surface area contributed by atoms with Crippen LogP contribution in [0.5, 0.6) is 5.88 Å². The van der Waals surface area contributed by atoms with E-state index in [1.807, 2.05) is 62.5 Å². The molecule has 0 N–H and O–H groups in total. The van der Waals surface area contributed by atoms with E-state index in [1.165, 1.54) is 9.36 Å². The van der Waals surface area contributed by atoms with Crippen molar-refractivity contribution < 1.29 is 4.74 Å². The average Bonchev–Trinajstić information content (AvgIpc) is 3.23. The van der Waals surface area contributed by atoms with Gasteiger partial charge in [-0.15, -0.1) is 5.10 Å². The molecule has 0 aliphatic heterocycles. The van der Waals surface area contributed by atoms with Gasteiger partial charge < -0.3 is 4.74 Å². The molecule has 2 aromatic carbocycles. The van der Waals surface area contributed by atoms with Crippen LogP contribution in [0.2, 0.25) is 5.02 Å². The minimum absolute atomic E-state index is 0.238. The highest BCUT2D eigenvalue weighted by atomic mass is 35.5. The highest BCUT2D eigenvalue weighted by Gasteiger charge is 2.15. The summed E-state index contributed by atoms with van der Waals surface area (Å²) >= 11 is 5.97. The molecule has 0 amide bonds. The fourth-order valence-electron chi connectivity index (χ4n) is 3.09. The van der Waals surface area contributed by atoms with Crippen molar-refractivity contribution in [1.29, 1.82) is 0 Å². The fourth-order valence-corrected chi connectivity index (χ4v) is 3.21. The van der Waals surface area contributed by atoms with Gasteiger partial charge in [0.15, 0.2) is 0 Å². The summed E-state index contributed by atoms with van der Waals surface area (Å²) in [6, 6.07) is 15.1. The van der Waals surface area contributed by atoms with E-state index in [0.717, 1.165) is 22.4 Å². The standard InChI is InChI=1S/C20H19ClN6O2/c1-13-5-4-6-17(27-20(28)26(3)23-24-27)16(13)12-29-19-11-18(25(2)22-19)14-7-9-15(21)10-8-14/h4-11H,12H2,1-3H3. The van der Waals surface area contributed by atoms with E-state index in [4.69, 9.17) is 16.3 Å². The lowest BCUT2D eigenvalue weighted by molar-refractivity contribution is 0.289. The maximum Gasteiger partial charge on any atom is 0.368 e. The van der Waals surface area contributed by atoms with Gasteiger partial charge in [-0.25, -0.2) is 4.79 Å². The number of tetrazole rings is 1. The van der Waals surface area contributed by atoms with E-state index in [2.05, 4.69) is 15.5 Å². The Morgan fingerprint density at radius 3 is 2.48 bits per heavy atom. The Hall–Kier alpha value is -3.39. The van der Waals surface area contributed by atoms with Crippen molar-refractivity contribution in [3.63, 3.8) is 0 Å². The van der Waals surface area contributed by atoms with Crippen molar-refractivity contribution in [1.82, 2.24) is 29.6 Å². The Morgan fingerprint density at radius 1 is 1.03 bits per heavy atom. The summed E-state index contributed by atoms with van der Waals surface area (Å²) in [5, 5.41) is 12.8. The fraction of sp³-hybridized carbons (Fsp3) is 0.200. The molecular formula is C20H19ClN6O2. The first-order valence-electron chi connectivity index (χ1n) is 8.94. The minimum Gasteiger partial charge on any atom is -0.472 e. The van der Waals surface area contributed by atoms with Crippen molar-refractivity contribution >= 4 is 11.6 Å². The van der Waals surface area contributed by atoms with Crippen molar-refractivity contribution in [2.24, 2.45) is 14.1 Å². The molecule has 0 bridgehead atoms. The number of halogens is 1. The largest absolute Gasteiger partial charge is 0.472 e. The zero-order valence-electron chi connectivity index (χ0n) is 16.2. The third-order valence-electron chi connectivity index (χ3n) is 4.70. The molecule has 0 unspecified atom stereocenters. The normalized spacial score (nSPS) is 11.0. The first-order valence-corrected chi connectivity index (χ1v) is 9.32. The number of nitrogens with zero attached hydrogens (tertiary/aromatic N) is 6. The van der Waals surface area contributed by atoms with Crippen LogP contribution in [0.25, 0.3) is 16.9 Å². The summed E-state index contributed by atoms with van der Waals surface area (Å²) in [5.41, 5.74) is 4.04. The quantitative estimate of drug-likeness (QED) is 0.505. The first-order chi connectivity index (χ1) is 13.9. The van der Waals surface area contributed by atoms with Crippen LogP contribution in [0.4, 0.5) is 0 Å². The van der Waals surface area contributed by atoms with Crippen molar-refractivity contribution in [3.8, 4) is 22.8 Å². The van der Waals surface area contributed by atoms with Crippen LogP contribution in [0.1, 0.15) is 11.1 Å². The SMILES string of the molecule is Cc1cccc(-n2nnn(C)c2=O)c1COc1cc(-c2ccc(Cl)cc2)n(C)n1. The first kappa shape index (κ1) is 18.9. The second-order valence-electron chi connectivity index (χ2n) is 6.66. The molecule has 0 atom stereocenters. The smallest absolute Gasteiger partial charge is 0.368 e. The van der Waals surface area contributed by atoms with Crippen molar-refractivity contribution in [3.05, 3.63) is 75.2 Å². The molecule has 8 nitrogen and oxygen atoms in total. The van der Waals surface area contributed by atoms with E-state index in [0.29, 0.717) is 16.6 Å². The molecule has 0 aliphatic carbocycles. The summed E-state index contributed by atoms with van der Waals surface area (Å²) in [5.74, 6) is 0.484. The van der Waals surface area contributed by atoms with Gasteiger partial charge in [0.25, 0.3) is 0 Å². The Kier molecular flexibility index (Phi) is 4.94. The van der Waals surface area contributed by atoms with Crippen LogP contribution in [0.3, 0.4) is 0 Å². The second-order valence-corrected chi connectivity index (χ2v) is 7.09. The van der Waals surface area contributed by atoms with Gasteiger partial charge in [-0.3, -0.25) is 4.68 Å². The van der Waals surface area contributed by atoms with Crippen LogP contribution in [0.15, 0.2) is 53.3 Å². The van der Waals surface area contributed by atoms with Gasteiger partial charge in [0.2, 0.25) is 5.88 Å². The van der Waals surface area contributed by atoms with Crippen molar-refractivity contribution in [2.75, 3.05) is 0 Å². The van der Waals surface area contributed by atoms with E-state index < -0.39 is 0 Å². The predicted octanol–water partition coefficient (Wildman–Crippen LogP) is 2.91. The number of aromatic nitrogens is 6. The second kappa shape index (κ2) is 7.56. The van der Waals surface area contributed by atoms with Crippen LogP contribution < -0.4 is 10.4 Å². The van der Waals surface area contributed by atoms with Crippen LogP contribution in [0, 0.1) is 6.92 Å². The molecule has 4 aromatic rings. The topological polar surface area (TPSA) is 79.8 Å². The lowest BCUT2D eigenvalue weighted by Gasteiger charge is -2.11. The lowest BCUT2D eigenvalue weighted by Crippen LogP contribution is -2.23. The van der Waals surface area contributed by atoms with E-state index in [1.54, 1.807) is 11.7 Å². The third kappa shape index (κ3) is 3.66. The molecule has 0 spiro atoms. The van der Waals surface area contributed by atoms with Gasteiger partial charge >= 0.3 is 5.69 Å². The lowest BCUT2D eigenvalue weighted by atomic mass is 10.1. The maximum absolute atomic E-state index is 12.3. The molecule has 2 heterocycles. The summed E-state index contributed by atoms with van der Waals surface area (Å²) in [7, 11) is 3.42. The molecule has 0 saturated heterocycles. The molecule has 0 radical (unpaired) electrons. The van der Waals surface area contributed by atoms with Gasteiger partial charge in [0, 0.05) is 36.3 Å². The highest BCUT2D eigenvalue weighted by molar-refractivity contribution is 6.30. The Bertz CT molecular complexity index is 1220. The third-order valence-corrected chi connectivity index (χ3v) is 4.95. The Balaban J connectivity index is 1.62. The summed E-state index contributed by atoms with van der Waals surface area (Å²) < 4.78 is 10.2. The molecule has 148 valence electrons. The minimum atomic E-state index is -0.320. The summed E-state index contributed by atoms with van der Waals surface area (Å²) in [4.78, 5) is 12.3. The number of hydrogen-bond acceptors (Lipinski definition) is 5. The number of benzene rings is 2. The molecule has 0 fully saturated rings. The van der Waals surface area contributed by atoms with E-state index in [-0.39, 0.29) is 12.3 Å². The van der Waals surface area contributed by atoms with Crippen molar-refractivity contribution in [2.45, 2.75) is 13.5 Å². The molecule has 2 aromatic heterocycles. The predicted molar refractivity (Wildman–Crippen MR) is 109 cm³/mol. The Morgan fingerprint density at radius 2 is 1.79 bits per heavy atom. The highest BCUT2D eigenvalue weighted by Crippen LogP contribution is 2.26. The monoisotopic (exact) mass is 410 g/mol. The molecule has 0 aliphatic rings. The van der Waals surface area contributed by atoms with Gasteiger partial charge in [-0.1, -0.05) is 35.9 Å². The number of rotatable bonds is 5. The zero-order chi connectivity index (χ0) is 20.5. The van der Waals surface area contributed by atoms with E-state index >= 15 is 0 Å². The molecule has 29 heavy (non-hydrogen) atoms. The van der Waals surface area contributed by atoms with Gasteiger partial charge in [-0.05, 0) is 41.1 Å². The number of hydrogen-bond donors (Lipinski definition) is 0. The number of ether oxygens (including phenoxy) is 1.